The van der Waals surface area contributed by atoms with Crippen LogP contribution in [0.3, 0.4) is 0 Å². The lowest BCUT2D eigenvalue weighted by Gasteiger charge is -2.47. The molecular weight excluding hydrogens is 891 g/mol. The van der Waals surface area contributed by atoms with Gasteiger partial charge in [-0.1, -0.05) is 60.7 Å². The van der Waals surface area contributed by atoms with E-state index in [1.807, 2.05) is 31.2 Å². The number of methoxy groups -OCH3 is 2. The summed E-state index contributed by atoms with van der Waals surface area (Å²) in [6.45, 7) is 3.33. The van der Waals surface area contributed by atoms with Crippen LogP contribution < -0.4 is 4.74 Å². The highest BCUT2D eigenvalue weighted by molar-refractivity contribution is 6.31. The molecule has 2 amide bonds. The number of aliphatic hydroxyl groups is 1. The van der Waals surface area contributed by atoms with E-state index in [2.05, 4.69) is 29.2 Å². The molecule has 4 aromatic rings. The third-order valence-electron chi connectivity index (χ3n) is 15.9. The van der Waals surface area contributed by atoms with Crippen LogP contribution in [-0.2, 0) is 39.6 Å². The number of phenols is 2. The number of morpholine rings is 1. The third-order valence-corrected chi connectivity index (χ3v) is 15.9. The minimum absolute atomic E-state index is 0.0302. The second kappa shape index (κ2) is 16.6. The average molecular weight is 944 g/mol. The molecule has 5 saturated heterocycles. The molecule has 17 heteroatoms. The summed E-state index contributed by atoms with van der Waals surface area (Å²) in [6.07, 6.45) is -4.26. The van der Waals surface area contributed by atoms with E-state index in [-0.39, 0.29) is 72.2 Å². The van der Waals surface area contributed by atoms with E-state index < -0.39 is 108 Å². The monoisotopic (exact) mass is 943 g/mol. The van der Waals surface area contributed by atoms with Crippen molar-refractivity contribution >= 4 is 23.6 Å². The maximum Gasteiger partial charge on any atom is 0.409 e. The Balaban J connectivity index is 0.841. The first-order valence-corrected chi connectivity index (χ1v) is 23.8. The number of phenolic OH excluding ortho intramolecular Hbond substituents is 2. The number of benzene rings is 4. The van der Waals surface area contributed by atoms with Gasteiger partial charge >= 0.3 is 6.09 Å². The van der Waals surface area contributed by atoms with Crippen molar-refractivity contribution in [3.05, 3.63) is 111 Å². The number of nitrogens with zero attached hydrogens (tertiary/aromatic N) is 3. The number of aromatic hydroxyl groups is 2. The van der Waals surface area contributed by atoms with E-state index in [0.29, 0.717) is 26.0 Å². The van der Waals surface area contributed by atoms with Crippen molar-refractivity contribution < 1.29 is 67.7 Å². The predicted octanol–water partition coefficient (Wildman–Crippen LogP) is 4.77. The van der Waals surface area contributed by atoms with Crippen molar-refractivity contribution in [1.82, 2.24) is 14.7 Å². The van der Waals surface area contributed by atoms with Gasteiger partial charge in [0.25, 0.3) is 5.91 Å². The summed E-state index contributed by atoms with van der Waals surface area (Å²) >= 11 is 0. The fourth-order valence-corrected chi connectivity index (χ4v) is 12.8. The van der Waals surface area contributed by atoms with Crippen molar-refractivity contribution in [2.24, 2.45) is 0 Å². The predicted molar refractivity (Wildman–Crippen MR) is 242 cm³/mol. The van der Waals surface area contributed by atoms with Gasteiger partial charge in [-0.05, 0) is 48.1 Å². The van der Waals surface area contributed by atoms with Crippen LogP contribution in [0.25, 0.3) is 11.1 Å². The van der Waals surface area contributed by atoms with Crippen LogP contribution in [0.1, 0.15) is 98.7 Å². The molecule has 0 spiro atoms. The number of amides is 2. The first-order valence-electron chi connectivity index (χ1n) is 23.8. The molecule has 3 aliphatic carbocycles. The molecule has 0 saturated carbocycles. The summed E-state index contributed by atoms with van der Waals surface area (Å²) in [5, 5.41) is 37.4. The number of hydrogen-bond donors (Lipinski definition) is 3. The van der Waals surface area contributed by atoms with Gasteiger partial charge in [-0.2, -0.15) is 0 Å². The van der Waals surface area contributed by atoms with E-state index in [1.54, 1.807) is 23.0 Å². The minimum Gasteiger partial charge on any atom is -0.507 e. The Morgan fingerprint density at radius 1 is 0.841 bits per heavy atom. The standard InChI is InChI=1S/C52H53N3O14/c1-25-47-35(54-17-18-65-49(64-3)48(54)69-47)19-38(67-25)68-37-21-52(62,20-33-40(37)46(59)42-41(44(33)57)43(56)32-13-8-14-36(63-2)39(32)45(42)58)50(60)55-26-15-16-27(55)23-53(22-26)51(61)66-24-34-30-11-6-4-9-28(30)29-10-5-7-12-31(29)34/h4-14,25-27,34-35,37-38,47-49,57,59,62H,15-24H2,1-3H3/t25-,26?,27?,35-,37-,38-,47+,48+,49-,52-/m0/s1. The van der Waals surface area contributed by atoms with Crippen LogP contribution >= 0.6 is 0 Å². The van der Waals surface area contributed by atoms with E-state index in [1.165, 1.54) is 19.2 Å². The van der Waals surface area contributed by atoms with Gasteiger partial charge in [-0.25, -0.2) is 4.79 Å². The Kier molecular flexibility index (Phi) is 10.7. The van der Waals surface area contributed by atoms with Gasteiger partial charge in [-0.15, -0.1) is 0 Å². The molecule has 17 nitrogen and oxygen atoms in total. The fourth-order valence-electron chi connectivity index (χ4n) is 12.8. The van der Waals surface area contributed by atoms with Crippen molar-refractivity contribution in [2.45, 2.75) is 106 Å². The summed E-state index contributed by atoms with van der Waals surface area (Å²) < 4.78 is 42.5. The van der Waals surface area contributed by atoms with Crippen LogP contribution in [0.4, 0.5) is 4.79 Å². The molecule has 5 heterocycles. The summed E-state index contributed by atoms with van der Waals surface area (Å²) in [4.78, 5) is 63.1. The number of likely N-dealkylation sites (tertiary alicyclic amines) is 1. The molecule has 0 aromatic heterocycles. The Bertz CT molecular complexity index is 2760. The van der Waals surface area contributed by atoms with E-state index in [0.717, 1.165) is 22.3 Å². The Labute approximate surface area is 397 Å². The van der Waals surface area contributed by atoms with Crippen LogP contribution in [0.2, 0.25) is 0 Å². The highest BCUT2D eigenvalue weighted by Gasteiger charge is 2.57. The number of ketones is 2. The smallest absolute Gasteiger partial charge is 0.409 e. The molecule has 5 fully saturated rings. The Morgan fingerprint density at radius 3 is 2.22 bits per heavy atom. The molecular formula is C52H53N3O14. The summed E-state index contributed by atoms with van der Waals surface area (Å²) in [5.74, 6) is -3.37. The van der Waals surface area contributed by atoms with Gasteiger partial charge in [0.2, 0.25) is 5.78 Å². The van der Waals surface area contributed by atoms with Crippen LogP contribution in [0.15, 0.2) is 66.7 Å². The average Bonchev–Trinajstić information content (AvgIpc) is 3.99. The largest absolute Gasteiger partial charge is 0.507 e. The lowest BCUT2D eigenvalue weighted by atomic mass is 9.72. The zero-order valence-electron chi connectivity index (χ0n) is 38.4. The third kappa shape index (κ3) is 6.76. The lowest BCUT2D eigenvalue weighted by Crippen LogP contribution is -2.63. The molecule has 3 N–H and O–H groups in total. The topological polar surface area (TPSA) is 203 Å². The number of fused-ring (bicyclic) bond motifs is 11. The van der Waals surface area contributed by atoms with Crippen LogP contribution in [0, 0.1) is 0 Å². The SMILES string of the molecule is COc1cccc2c1C(=O)c1c(O)c3c(c(O)c1C2=O)C[C@@](O)(C(=O)N1C2CCC1CN(C(=O)OCC1c4ccccc4-c4ccccc41)C2)C[C@@H]3O[C@H]1C[C@H]2[C@H](O[C@@H]3[C@@H](OC)OCCN32)[C@H](C)O1. The lowest BCUT2D eigenvalue weighted by molar-refractivity contribution is -0.256. The number of carbonyl (C=O) groups excluding carboxylic acids is 4. The molecule has 2 bridgehead atoms. The minimum atomic E-state index is -2.24. The number of hydrogen-bond acceptors (Lipinski definition) is 15. The molecule has 4 aromatic carbocycles. The van der Waals surface area contributed by atoms with E-state index >= 15 is 4.79 Å². The molecule has 69 heavy (non-hydrogen) atoms. The van der Waals surface area contributed by atoms with Gasteiger partial charge in [-0.3, -0.25) is 19.3 Å². The molecule has 2 unspecified atom stereocenters. The zero-order valence-corrected chi connectivity index (χ0v) is 38.4. The first-order chi connectivity index (χ1) is 33.4. The van der Waals surface area contributed by atoms with Gasteiger partial charge in [0.15, 0.2) is 24.6 Å². The summed E-state index contributed by atoms with van der Waals surface area (Å²) in [6, 6.07) is 19.6. The van der Waals surface area contributed by atoms with Crippen LogP contribution in [-0.4, -0.2) is 155 Å². The normalized spacial score (nSPS) is 31.0. The number of rotatable bonds is 7. The number of carbonyl (C=O) groups is 4. The van der Waals surface area contributed by atoms with Crippen molar-refractivity contribution in [2.75, 3.05) is 47.1 Å². The molecule has 12 rings (SSSR count). The van der Waals surface area contributed by atoms with Crippen molar-refractivity contribution in [3.8, 4) is 28.4 Å². The van der Waals surface area contributed by atoms with E-state index in [9.17, 15) is 29.7 Å². The molecule has 5 aliphatic heterocycles. The fraction of sp³-hybridized carbons (Fsp3) is 0.462. The summed E-state index contributed by atoms with van der Waals surface area (Å²) in [7, 11) is 2.92. The van der Waals surface area contributed by atoms with Gasteiger partial charge < -0.3 is 58.3 Å². The maximum absolute atomic E-state index is 15.2. The summed E-state index contributed by atoms with van der Waals surface area (Å²) in [5.41, 5.74) is 1.10. The Hall–Kier alpha value is -5.92. The second-order valence-corrected chi connectivity index (χ2v) is 19.5. The van der Waals surface area contributed by atoms with Crippen LogP contribution in [0.5, 0.6) is 17.2 Å². The maximum atomic E-state index is 15.2. The molecule has 0 radical (unpaired) electrons. The van der Waals surface area contributed by atoms with Gasteiger partial charge in [0, 0.05) is 86.7 Å². The van der Waals surface area contributed by atoms with Crippen molar-refractivity contribution in [3.63, 3.8) is 0 Å². The van der Waals surface area contributed by atoms with Crippen molar-refractivity contribution in [1.29, 1.82) is 0 Å². The quantitative estimate of drug-likeness (QED) is 0.188. The van der Waals surface area contributed by atoms with E-state index in [4.69, 9.17) is 33.2 Å². The molecule has 10 atom stereocenters. The molecule has 8 aliphatic rings. The number of piperazine rings is 1. The van der Waals surface area contributed by atoms with Gasteiger partial charge in [0.1, 0.15) is 35.6 Å². The highest BCUT2D eigenvalue weighted by Crippen LogP contribution is 2.54. The molecule has 360 valence electrons. The Morgan fingerprint density at radius 2 is 1.52 bits per heavy atom. The zero-order chi connectivity index (χ0) is 47.6. The first kappa shape index (κ1) is 44.3. The van der Waals surface area contributed by atoms with Gasteiger partial charge in [0.05, 0.1) is 42.6 Å². The second-order valence-electron chi connectivity index (χ2n) is 19.5. The number of ether oxygens (including phenoxy) is 7. The highest BCUT2D eigenvalue weighted by atomic mass is 16.7.